The monoisotopic (exact) mass is 296 g/mol. The van der Waals surface area contributed by atoms with Crippen LogP contribution in [0.15, 0.2) is 24.3 Å². The molecule has 5 heteroatoms. The molecule has 2 rings (SSSR count). The summed E-state index contributed by atoms with van der Waals surface area (Å²) in [5, 5.41) is 3.34. The van der Waals surface area contributed by atoms with Gasteiger partial charge in [0.2, 0.25) is 10.0 Å². The second kappa shape index (κ2) is 6.70. The summed E-state index contributed by atoms with van der Waals surface area (Å²) in [5.74, 6) is 0.217. The molecule has 1 aromatic carbocycles. The van der Waals surface area contributed by atoms with Gasteiger partial charge in [0.1, 0.15) is 0 Å². The molecular formula is C15H24N2O2S. The molecule has 0 aliphatic heterocycles. The first-order valence-corrected chi connectivity index (χ1v) is 8.82. The zero-order valence-corrected chi connectivity index (χ0v) is 13.1. The third-order valence-electron chi connectivity index (χ3n) is 3.72. The maximum Gasteiger partial charge on any atom is 0.214 e. The highest BCUT2D eigenvalue weighted by molar-refractivity contribution is 7.89. The van der Waals surface area contributed by atoms with Crippen molar-refractivity contribution in [1.29, 1.82) is 0 Å². The second-order valence-corrected chi connectivity index (χ2v) is 7.78. The lowest BCUT2D eigenvalue weighted by Crippen LogP contribution is -2.30. The Labute approximate surface area is 122 Å². The lowest BCUT2D eigenvalue weighted by molar-refractivity contribution is 0.463. The van der Waals surface area contributed by atoms with Gasteiger partial charge in [-0.15, -0.1) is 0 Å². The fourth-order valence-corrected chi connectivity index (χ4v) is 3.29. The van der Waals surface area contributed by atoms with Crippen molar-refractivity contribution in [2.45, 2.75) is 38.8 Å². The van der Waals surface area contributed by atoms with E-state index in [0.717, 1.165) is 17.7 Å². The molecule has 20 heavy (non-hydrogen) atoms. The molecule has 0 aromatic heterocycles. The first-order chi connectivity index (χ1) is 9.49. The predicted molar refractivity (Wildman–Crippen MR) is 82.1 cm³/mol. The zero-order valence-electron chi connectivity index (χ0n) is 12.3. The van der Waals surface area contributed by atoms with Crippen molar-refractivity contribution >= 4 is 10.0 Å². The van der Waals surface area contributed by atoms with Gasteiger partial charge >= 0.3 is 0 Å². The van der Waals surface area contributed by atoms with Crippen LogP contribution in [0, 0.1) is 6.92 Å². The normalized spacial score (nSPS) is 15.8. The molecule has 1 N–H and O–H groups in total. The molecule has 0 heterocycles. The average Bonchev–Trinajstić information content (AvgIpc) is 3.21. The maximum absolute atomic E-state index is 12.2. The Balaban J connectivity index is 1.82. The van der Waals surface area contributed by atoms with Crippen LogP contribution in [0.25, 0.3) is 0 Å². The smallest absolute Gasteiger partial charge is 0.214 e. The molecule has 0 atom stereocenters. The summed E-state index contributed by atoms with van der Waals surface area (Å²) in [5.41, 5.74) is 2.19. The average molecular weight is 296 g/mol. The summed E-state index contributed by atoms with van der Waals surface area (Å²) in [6, 6.07) is 8.55. The Bertz CT molecular complexity index is 539. The number of hydrogen-bond donors (Lipinski definition) is 1. The molecule has 0 amide bonds. The molecule has 0 bridgehead atoms. The summed E-state index contributed by atoms with van der Waals surface area (Å²) >= 11 is 0. The van der Waals surface area contributed by atoms with Crippen molar-refractivity contribution in [1.82, 2.24) is 9.62 Å². The summed E-state index contributed by atoms with van der Waals surface area (Å²) in [6.07, 6.45) is 3.15. The van der Waals surface area contributed by atoms with E-state index in [4.69, 9.17) is 0 Å². The van der Waals surface area contributed by atoms with Crippen molar-refractivity contribution < 1.29 is 8.42 Å². The fraction of sp³-hybridized carbons (Fsp3) is 0.600. The first kappa shape index (κ1) is 15.5. The number of benzene rings is 1. The standard InChI is InChI=1S/C15H24N2O2S/c1-13-6-3-4-7-14(13)12-17(2)20(18,19)11-5-10-16-15-8-9-15/h3-4,6-7,15-16H,5,8-12H2,1-2H3. The lowest BCUT2D eigenvalue weighted by atomic mass is 10.1. The van der Waals surface area contributed by atoms with Gasteiger partial charge in [-0.2, -0.15) is 0 Å². The molecule has 1 aliphatic rings. The van der Waals surface area contributed by atoms with Crippen LogP contribution in [0.2, 0.25) is 0 Å². The highest BCUT2D eigenvalue weighted by Crippen LogP contribution is 2.18. The Kier molecular flexibility index (Phi) is 5.18. The Morgan fingerprint density at radius 1 is 1.30 bits per heavy atom. The van der Waals surface area contributed by atoms with Gasteiger partial charge in [0.15, 0.2) is 0 Å². The van der Waals surface area contributed by atoms with E-state index in [0.29, 0.717) is 19.0 Å². The molecule has 1 fully saturated rings. The van der Waals surface area contributed by atoms with Gasteiger partial charge in [-0.25, -0.2) is 12.7 Å². The fourth-order valence-electron chi connectivity index (χ4n) is 2.13. The van der Waals surface area contributed by atoms with E-state index in [1.807, 2.05) is 31.2 Å². The molecule has 1 aromatic rings. The van der Waals surface area contributed by atoms with Gasteiger partial charge in [0.05, 0.1) is 5.75 Å². The van der Waals surface area contributed by atoms with E-state index < -0.39 is 10.0 Å². The van der Waals surface area contributed by atoms with Gasteiger partial charge in [0, 0.05) is 19.6 Å². The van der Waals surface area contributed by atoms with Gasteiger partial charge in [0.25, 0.3) is 0 Å². The van der Waals surface area contributed by atoms with Gasteiger partial charge in [-0.1, -0.05) is 24.3 Å². The van der Waals surface area contributed by atoms with Crippen molar-refractivity contribution in [2.75, 3.05) is 19.3 Å². The van der Waals surface area contributed by atoms with E-state index in [1.54, 1.807) is 7.05 Å². The van der Waals surface area contributed by atoms with Crippen LogP contribution in [0.1, 0.15) is 30.4 Å². The number of aryl methyl sites for hydroxylation is 1. The van der Waals surface area contributed by atoms with E-state index in [9.17, 15) is 8.42 Å². The quantitative estimate of drug-likeness (QED) is 0.745. The summed E-state index contributed by atoms with van der Waals surface area (Å²) in [4.78, 5) is 0. The minimum atomic E-state index is -3.16. The third-order valence-corrected chi connectivity index (χ3v) is 5.60. The van der Waals surface area contributed by atoms with Crippen molar-refractivity contribution in [2.24, 2.45) is 0 Å². The van der Waals surface area contributed by atoms with Crippen LogP contribution >= 0.6 is 0 Å². The molecule has 112 valence electrons. The van der Waals surface area contributed by atoms with Crippen LogP contribution in [-0.4, -0.2) is 38.1 Å². The van der Waals surface area contributed by atoms with E-state index >= 15 is 0 Å². The number of sulfonamides is 1. The molecule has 0 unspecified atom stereocenters. The number of nitrogens with zero attached hydrogens (tertiary/aromatic N) is 1. The van der Waals surface area contributed by atoms with Crippen molar-refractivity contribution in [3.8, 4) is 0 Å². The SMILES string of the molecule is Cc1ccccc1CN(C)S(=O)(=O)CCCNC1CC1. The summed E-state index contributed by atoms with van der Waals surface area (Å²) < 4.78 is 25.9. The maximum atomic E-state index is 12.2. The Hall–Kier alpha value is -0.910. The number of hydrogen-bond acceptors (Lipinski definition) is 3. The van der Waals surface area contributed by atoms with E-state index in [2.05, 4.69) is 5.32 Å². The van der Waals surface area contributed by atoms with Crippen LogP contribution in [0.5, 0.6) is 0 Å². The van der Waals surface area contributed by atoms with Crippen LogP contribution in [0.4, 0.5) is 0 Å². The molecule has 0 radical (unpaired) electrons. The number of nitrogens with one attached hydrogen (secondary N) is 1. The summed E-state index contributed by atoms with van der Waals surface area (Å²) in [6.45, 7) is 3.25. The molecular weight excluding hydrogens is 272 g/mol. The van der Waals surface area contributed by atoms with Crippen molar-refractivity contribution in [3.63, 3.8) is 0 Å². The highest BCUT2D eigenvalue weighted by Gasteiger charge is 2.21. The Morgan fingerprint density at radius 3 is 2.65 bits per heavy atom. The molecule has 4 nitrogen and oxygen atoms in total. The predicted octanol–water partition coefficient (Wildman–Crippen LogP) is 1.90. The molecule has 0 saturated heterocycles. The summed E-state index contributed by atoms with van der Waals surface area (Å²) in [7, 11) is -1.50. The van der Waals surface area contributed by atoms with E-state index in [-0.39, 0.29) is 5.75 Å². The van der Waals surface area contributed by atoms with Crippen LogP contribution in [-0.2, 0) is 16.6 Å². The first-order valence-electron chi connectivity index (χ1n) is 7.21. The highest BCUT2D eigenvalue weighted by atomic mass is 32.2. The lowest BCUT2D eigenvalue weighted by Gasteiger charge is -2.18. The van der Waals surface area contributed by atoms with Crippen molar-refractivity contribution in [3.05, 3.63) is 35.4 Å². The van der Waals surface area contributed by atoms with Crippen LogP contribution < -0.4 is 5.32 Å². The largest absolute Gasteiger partial charge is 0.314 e. The minimum Gasteiger partial charge on any atom is -0.314 e. The van der Waals surface area contributed by atoms with Gasteiger partial charge < -0.3 is 5.32 Å². The topological polar surface area (TPSA) is 49.4 Å². The second-order valence-electron chi connectivity index (χ2n) is 5.58. The third kappa shape index (κ3) is 4.58. The van der Waals surface area contributed by atoms with Gasteiger partial charge in [-0.05, 0) is 43.9 Å². The van der Waals surface area contributed by atoms with Crippen LogP contribution in [0.3, 0.4) is 0 Å². The van der Waals surface area contributed by atoms with E-state index in [1.165, 1.54) is 17.1 Å². The van der Waals surface area contributed by atoms with Gasteiger partial charge in [-0.3, -0.25) is 0 Å². The molecule has 0 spiro atoms. The molecule has 1 saturated carbocycles. The number of rotatable bonds is 8. The molecule has 1 aliphatic carbocycles. The minimum absolute atomic E-state index is 0.217. The zero-order chi connectivity index (χ0) is 14.6. The Morgan fingerprint density at radius 2 is 2.00 bits per heavy atom.